The molecule has 2 aromatic carbocycles. The fourth-order valence-corrected chi connectivity index (χ4v) is 4.52. The second-order valence-corrected chi connectivity index (χ2v) is 8.84. The van der Waals surface area contributed by atoms with E-state index in [-0.39, 0.29) is 5.97 Å². The number of hydrogen-bond donors (Lipinski definition) is 0. The summed E-state index contributed by atoms with van der Waals surface area (Å²) in [5.74, 6) is 2.99. The van der Waals surface area contributed by atoms with Crippen molar-refractivity contribution in [2.24, 2.45) is 11.8 Å². The molecule has 0 aliphatic heterocycles. The van der Waals surface area contributed by atoms with Gasteiger partial charge in [-0.3, -0.25) is 4.79 Å². The van der Waals surface area contributed by atoms with Gasteiger partial charge in [-0.1, -0.05) is 63.6 Å². The number of benzene rings is 2. The summed E-state index contributed by atoms with van der Waals surface area (Å²) in [5.41, 5.74) is 3.86. The molecule has 0 spiro atoms. The van der Waals surface area contributed by atoms with Crippen LogP contribution in [0.25, 0.3) is 11.1 Å². The van der Waals surface area contributed by atoms with Crippen molar-refractivity contribution in [2.75, 3.05) is 0 Å². The highest BCUT2D eigenvalue weighted by Gasteiger charge is 2.23. The molecule has 3 rings (SSSR count). The van der Waals surface area contributed by atoms with Gasteiger partial charge in [0, 0.05) is 6.42 Å². The maximum atomic E-state index is 11.6. The van der Waals surface area contributed by atoms with E-state index in [1.54, 1.807) is 0 Å². The van der Waals surface area contributed by atoms with E-state index >= 15 is 0 Å². The molecule has 2 nitrogen and oxygen atoms in total. The van der Waals surface area contributed by atoms with Gasteiger partial charge in [-0.05, 0) is 85.1 Å². The van der Waals surface area contributed by atoms with Gasteiger partial charge in [-0.25, -0.2) is 0 Å². The molecule has 0 aromatic heterocycles. The van der Waals surface area contributed by atoms with Gasteiger partial charge in [-0.15, -0.1) is 0 Å². The quantitative estimate of drug-likeness (QED) is 0.339. The summed E-state index contributed by atoms with van der Waals surface area (Å²) in [6.07, 6.45) is 9.42. The van der Waals surface area contributed by atoms with Crippen LogP contribution in [0.4, 0.5) is 0 Å². The van der Waals surface area contributed by atoms with Crippen LogP contribution in [0, 0.1) is 11.8 Å². The molecule has 1 fully saturated rings. The number of carbonyl (C=O) groups is 1. The molecule has 1 saturated carbocycles. The molecule has 1 aliphatic carbocycles. The molecular formula is C27H36O2. The lowest BCUT2D eigenvalue weighted by molar-refractivity contribution is -0.134. The minimum absolute atomic E-state index is 0.163. The van der Waals surface area contributed by atoms with Crippen molar-refractivity contribution in [3.8, 4) is 16.9 Å². The number of carbonyl (C=O) groups excluding carboxylic acids is 1. The van der Waals surface area contributed by atoms with Crippen LogP contribution in [-0.2, 0) is 4.79 Å². The van der Waals surface area contributed by atoms with E-state index in [0.717, 1.165) is 29.7 Å². The standard InChI is InChI=1S/C27H36O2/c1-4-6-27(28)29-26-17-15-25(16-18-26)24-13-11-23(12-14-24)22-9-7-21(8-10-22)19-20(3)5-2/h11-18,20-22H,4-10,19H2,1-3H3. The largest absolute Gasteiger partial charge is 0.427 e. The highest BCUT2D eigenvalue weighted by molar-refractivity contribution is 5.73. The van der Waals surface area contributed by atoms with E-state index in [1.165, 1.54) is 49.7 Å². The molecule has 0 bridgehead atoms. The average Bonchev–Trinajstić information content (AvgIpc) is 2.75. The smallest absolute Gasteiger partial charge is 0.311 e. The molecule has 0 heterocycles. The third-order valence-corrected chi connectivity index (χ3v) is 6.53. The van der Waals surface area contributed by atoms with Crippen LogP contribution in [0.15, 0.2) is 48.5 Å². The Labute approximate surface area is 176 Å². The van der Waals surface area contributed by atoms with Crippen LogP contribution in [0.5, 0.6) is 5.75 Å². The Hall–Kier alpha value is -2.09. The van der Waals surface area contributed by atoms with Crippen molar-refractivity contribution in [3.05, 3.63) is 54.1 Å². The molecule has 0 saturated heterocycles. The molecule has 1 unspecified atom stereocenters. The molecule has 156 valence electrons. The topological polar surface area (TPSA) is 26.3 Å². The van der Waals surface area contributed by atoms with Gasteiger partial charge in [0.1, 0.15) is 5.75 Å². The lowest BCUT2D eigenvalue weighted by atomic mass is 9.75. The summed E-state index contributed by atoms with van der Waals surface area (Å²) < 4.78 is 5.34. The monoisotopic (exact) mass is 392 g/mol. The third kappa shape index (κ3) is 6.19. The van der Waals surface area contributed by atoms with E-state index in [1.807, 2.05) is 31.2 Å². The normalized spacial score (nSPS) is 20.2. The molecule has 1 atom stereocenters. The van der Waals surface area contributed by atoms with Gasteiger partial charge in [-0.2, -0.15) is 0 Å². The van der Waals surface area contributed by atoms with Gasteiger partial charge in [0.25, 0.3) is 0 Å². The first-order valence-electron chi connectivity index (χ1n) is 11.5. The van der Waals surface area contributed by atoms with Crippen molar-refractivity contribution < 1.29 is 9.53 Å². The predicted octanol–water partition coefficient (Wildman–Crippen LogP) is 7.77. The fraction of sp³-hybridized carbons (Fsp3) is 0.519. The first-order chi connectivity index (χ1) is 14.1. The van der Waals surface area contributed by atoms with Crippen LogP contribution < -0.4 is 4.74 Å². The Balaban J connectivity index is 1.56. The Kier molecular flexibility index (Phi) is 7.91. The lowest BCUT2D eigenvalue weighted by Crippen LogP contribution is -2.15. The van der Waals surface area contributed by atoms with E-state index < -0.39 is 0 Å². The average molecular weight is 393 g/mol. The van der Waals surface area contributed by atoms with Crippen LogP contribution >= 0.6 is 0 Å². The molecule has 29 heavy (non-hydrogen) atoms. The maximum absolute atomic E-state index is 11.6. The van der Waals surface area contributed by atoms with E-state index in [0.29, 0.717) is 12.2 Å². The Morgan fingerprint density at radius 3 is 2.07 bits per heavy atom. The van der Waals surface area contributed by atoms with Crippen molar-refractivity contribution in [1.29, 1.82) is 0 Å². The van der Waals surface area contributed by atoms with Gasteiger partial charge >= 0.3 is 5.97 Å². The first-order valence-corrected chi connectivity index (χ1v) is 11.5. The second kappa shape index (κ2) is 10.6. The number of rotatable bonds is 8. The molecular weight excluding hydrogens is 356 g/mol. The third-order valence-electron chi connectivity index (χ3n) is 6.53. The summed E-state index contributed by atoms with van der Waals surface area (Å²) in [7, 11) is 0. The second-order valence-electron chi connectivity index (χ2n) is 8.84. The Morgan fingerprint density at radius 1 is 0.931 bits per heavy atom. The summed E-state index contributed by atoms with van der Waals surface area (Å²) in [6, 6.07) is 16.9. The predicted molar refractivity (Wildman–Crippen MR) is 121 cm³/mol. The van der Waals surface area contributed by atoms with Crippen LogP contribution in [-0.4, -0.2) is 5.97 Å². The van der Waals surface area contributed by atoms with Gasteiger partial charge < -0.3 is 4.74 Å². The summed E-state index contributed by atoms with van der Waals surface area (Å²) in [6.45, 7) is 6.68. The molecule has 2 heteroatoms. The van der Waals surface area contributed by atoms with E-state index in [2.05, 4.69) is 38.1 Å². The zero-order valence-corrected chi connectivity index (χ0v) is 18.3. The Bertz CT molecular complexity index is 752. The van der Waals surface area contributed by atoms with Crippen LogP contribution in [0.3, 0.4) is 0 Å². The minimum Gasteiger partial charge on any atom is -0.427 e. The zero-order chi connectivity index (χ0) is 20.6. The highest BCUT2D eigenvalue weighted by Crippen LogP contribution is 2.39. The SMILES string of the molecule is CCCC(=O)Oc1ccc(-c2ccc(C3CCC(CC(C)CC)CC3)cc2)cc1. The van der Waals surface area contributed by atoms with Crippen molar-refractivity contribution in [3.63, 3.8) is 0 Å². The van der Waals surface area contributed by atoms with Crippen molar-refractivity contribution >= 4 is 5.97 Å². The first kappa shape index (κ1) is 21.6. The molecule has 1 aliphatic rings. The lowest BCUT2D eigenvalue weighted by Gasteiger charge is -2.30. The highest BCUT2D eigenvalue weighted by atomic mass is 16.5. The summed E-state index contributed by atoms with van der Waals surface area (Å²) >= 11 is 0. The summed E-state index contributed by atoms with van der Waals surface area (Å²) in [4.78, 5) is 11.6. The number of hydrogen-bond acceptors (Lipinski definition) is 2. The molecule has 0 N–H and O–H groups in total. The van der Waals surface area contributed by atoms with E-state index in [9.17, 15) is 4.79 Å². The van der Waals surface area contributed by atoms with Crippen LogP contribution in [0.2, 0.25) is 0 Å². The van der Waals surface area contributed by atoms with Gasteiger partial charge in [0.15, 0.2) is 0 Å². The molecule has 2 aromatic rings. The van der Waals surface area contributed by atoms with E-state index in [4.69, 9.17) is 4.74 Å². The number of esters is 1. The fourth-order valence-electron chi connectivity index (χ4n) is 4.52. The maximum Gasteiger partial charge on any atom is 0.311 e. The summed E-state index contributed by atoms with van der Waals surface area (Å²) in [5, 5.41) is 0. The van der Waals surface area contributed by atoms with Crippen LogP contribution in [0.1, 0.15) is 83.6 Å². The zero-order valence-electron chi connectivity index (χ0n) is 18.3. The van der Waals surface area contributed by atoms with Gasteiger partial charge in [0.2, 0.25) is 0 Å². The molecule has 0 amide bonds. The van der Waals surface area contributed by atoms with Crippen molar-refractivity contribution in [1.82, 2.24) is 0 Å². The number of ether oxygens (including phenoxy) is 1. The van der Waals surface area contributed by atoms with Crippen molar-refractivity contribution in [2.45, 2.75) is 78.1 Å². The van der Waals surface area contributed by atoms with Gasteiger partial charge in [0.05, 0.1) is 0 Å². The Morgan fingerprint density at radius 2 is 1.52 bits per heavy atom. The minimum atomic E-state index is -0.163. The molecule has 0 radical (unpaired) electrons.